The van der Waals surface area contributed by atoms with Crippen molar-refractivity contribution in [2.45, 2.75) is 26.7 Å². The van der Waals surface area contributed by atoms with Crippen molar-refractivity contribution in [2.75, 3.05) is 26.2 Å². The van der Waals surface area contributed by atoms with Crippen molar-refractivity contribution in [3.8, 4) is 11.8 Å². The zero-order valence-electron chi connectivity index (χ0n) is 11.4. The maximum Gasteiger partial charge on any atom is 0.120 e. The van der Waals surface area contributed by atoms with Gasteiger partial charge in [-0.2, -0.15) is 5.26 Å². The van der Waals surface area contributed by atoms with Crippen LogP contribution >= 0.6 is 0 Å². The summed E-state index contributed by atoms with van der Waals surface area (Å²) in [5.74, 6) is 0.785. The average molecular weight is 246 g/mol. The Morgan fingerprint density at radius 1 is 1.28 bits per heavy atom. The molecule has 0 aliphatic carbocycles. The number of rotatable bonds is 8. The van der Waals surface area contributed by atoms with Crippen LogP contribution in [0, 0.1) is 11.3 Å². The van der Waals surface area contributed by atoms with Gasteiger partial charge in [-0.1, -0.05) is 19.9 Å². The maximum atomic E-state index is 8.79. The van der Waals surface area contributed by atoms with E-state index in [1.165, 1.54) is 6.42 Å². The Kier molecular flexibility index (Phi) is 6.90. The lowest BCUT2D eigenvalue weighted by molar-refractivity contribution is 0.242. The maximum absolute atomic E-state index is 8.79. The molecule has 0 bridgehead atoms. The van der Waals surface area contributed by atoms with Gasteiger partial charge in [0.1, 0.15) is 5.75 Å². The molecule has 0 fully saturated rings. The van der Waals surface area contributed by atoms with Crippen LogP contribution in [0.15, 0.2) is 24.3 Å². The van der Waals surface area contributed by atoms with Crippen molar-refractivity contribution in [3.63, 3.8) is 0 Å². The highest BCUT2D eigenvalue weighted by Crippen LogP contribution is 2.12. The molecule has 1 aromatic carbocycles. The molecule has 0 aliphatic rings. The van der Waals surface area contributed by atoms with E-state index >= 15 is 0 Å². The Morgan fingerprint density at radius 3 is 2.78 bits per heavy atom. The van der Waals surface area contributed by atoms with E-state index in [0.29, 0.717) is 12.2 Å². The number of nitrogens with zero attached hydrogens (tertiary/aromatic N) is 2. The summed E-state index contributed by atoms with van der Waals surface area (Å²) in [7, 11) is 0. The third-order valence-corrected chi connectivity index (χ3v) is 2.84. The van der Waals surface area contributed by atoms with Crippen LogP contribution in [0.3, 0.4) is 0 Å². The van der Waals surface area contributed by atoms with Gasteiger partial charge in [0, 0.05) is 6.54 Å². The Labute approximate surface area is 110 Å². The Balaban J connectivity index is 2.27. The molecule has 0 aromatic heterocycles. The van der Waals surface area contributed by atoms with E-state index in [0.717, 1.165) is 31.8 Å². The third-order valence-electron chi connectivity index (χ3n) is 2.84. The topological polar surface area (TPSA) is 36.3 Å². The van der Waals surface area contributed by atoms with Crippen LogP contribution in [-0.4, -0.2) is 31.1 Å². The van der Waals surface area contributed by atoms with Gasteiger partial charge in [-0.05, 0) is 44.1 Å². The number of hydrogen-bond acceptors (Lipinski definition) is 3. The van der Waals surface area contributed by atoms with Gasteiger partial charge in [0.05, 0.1) is 18.2 Å². The molecule has 0 spiro atoms. The molecule has 0 amide bonds. The van der Waals surface area contributed by atoms with Crippen molar-refractivity contribution in [2.24, 2.45) is 0 Å². The highest BCUT2D eigenvalue weighted by molar-refractivity contribution is 5.36. The van der Waals surface area contributed by atoms with E-state index in [2.05, 4.69) is 24.8 Å². The largest absolute Gasteiger partial charge is 0.494 e. The third kappa shape index (κ3) is 5.20. The fourth-order valence-electron chi connectivity index (χ4n) is 1.88. The Morgan fingerprint density at radius 2 is 2.11 bits per heavy atom. The van der Waals surface area contributed by atoms with E-state index < -0.39 is 0 Å². The lowest BCUT2D eigenvalue weighted by atomic mass is 10.2. The minimum absolute atomic E-state index is 0.647. The molecule has 0 N–H and O–H groups in total. The van der Waals surface area contributed by atoms with Gasteiger partial charge in [0.25, 0.3) is 0 Å². The summed E-state index contributed by atoms with van der Waals surface area (Å²) in [6.07, 6.45) is 2.21. The van der Waals surface area contributed by atoms with Crippen molar-refractivity contribution in [1.82, 2.24) is 4.90 Å². The van der Waals surface area contributed by atoms with Crippen LogP contribution in [0.4, 0.5) is 0 Å². The molecule has 0 aliphatic heterocycles. The minimum Gasteiger partial charge on any atom is -0.494 e. The first-order valence-electron chi connectivity index (χ1n) is 6.65. The first kappa shape index (κ1) is 14.5. The highest BCUT2D eigenvalue weighted by atomic mass is 16.5. The lowest BCUT2D eigenvalue weighted by Crippen LogP contribution is -2.26. The summed E-state index contributed by atoms with van der Waals surface area (Å²) in [6, 6.07) is 9.42. The molecule has 1 rings (SSSR count). The smallest absolute Gasteiger partial charge is 0.120 e. The molecular formula is C15H22N2O. The van der Waals surface area contributed by atoms with Gasteiger partial charge in [-0.3, -0.25) is 0 Å². The molecule has 18 heavy (non-hydrogen) atoms. The van der Waals surface area contributed by atoms with Crippen LogP contribution in [0.1, 0.15) is 32.3 Å². The Hall–Kier alpha value is -1.53. The van der Waals surface area contributed by atoms with Crippen molar-refractivity contribution in [3.05, 3.63) is 29.8 Å². The zero-order chi connectivity index (χ0) is 13.2. The molecule has 0 unspecified atom stereocenters. The summed E-state index contributed by atoms with van der Waals surface area (Å²) in [6.45, 7) is 8.41. The Bertz CT molecular complexity index is 384. The van der Waals surface area contributed by atoms with Crippen LogP contribution < -0.4 is 4.74 Å². The molecule has 0 saturated carbocycles. The van der Waals surface area contributed by atoms with Gasteiger partial charge >= 0.3 is 0 Å². The van der Waals surface area contributed by atoms with Crippen LogP contribution in [0.25, 0.3) is 0 Å². The monoisotopic (exact) mass is 246 g/mol. The number of hydrogen-bond donors (Lipinski definition) is 0. The first-order chi connectivity index (χ1) is 8.80. The van der Waals surface area contributed by atoms with Crippen molar-refractivity contribution < 1.29 is 4.74 Å². The molecule has 0 radical (unpaired) electrons. The van der Waals surface area contributed by atoms with E-state index in [9.17, 15) is 0 Å². The normalized spacial score (nSPS) is 10.3. The fraction of sp³-hybridized carbons (Fsp3) is 0.533. The summed E-state index contributed by atoms with van der Waals surface area (Å²) in [5, 5.41) is 8.79. The van der Waals surface area contributed by atoms with Gasteiger partial charge in [-0.15, -0.1) is 0 Å². The molecule has 1 aromatic rings. The predicted molar refractivity (Wildman–Crippen MR) is 73.7 cm³/mol. The molecule has 98 valence electrons. The van der Waals surface area contributed by atoms with Crippen LogP contribution in [0.5, 0.6) is 5.75 Å². The van der Waals surface area contributed by atoms with Crippen molar-refractivity contribution in [1.29, 1.82) is 5.26 Å². The standard InChI is InChI=1S/C15H22N2O/c1-3-9-17(4-2)10-6-11-18-15-8-5-7-14(12-15)13-16/h5,7-8,12H,3-4,6,9-11H2,1-2H3. The zero-order valence-corrected chi connectivity index (χ0v) is 11.4. The number of benzene rings is 1. The molecule has 3 heteroatoms. The van der Waals surface area contributed by atoms with E-state index in [4.69, 9.17) is 10.00 Å². The summed E-state index contributed by atoms with van der Waals surface area (Å²) >= 11 is 0. The average Bonchev–Trinajstić information content (AvgIpc) is 2.42. The van der Waals surface area contributed by atoms with Gasteiger partial charge < -0.3 is 9.64 Å². The van der Waals surface area contributed by atoms with Gasteiger partial charge in [0.15, 0.2) is 0 Å². The first-order valence-corrected chi connectivity index (χ1v) is 6.65. The quantitative estimate of drug-likeness (QED) is 0.661. The SMILES string of the molecule is CCCN(CC)CCCOc1cccc(C#N)c1. The second kappa shape index (κ2) is 8.54. The molecule has 3 nitrogen and oxygen atoms in total. The molecular weight excluding hydrogens is 224 g/mol. The van der Waals surface area contributed by atoms with Crippen molar-refractivity contribution >= 4 is 0 Å². The predicted octanol–water partition coefficient (Wildman–Crippen LogP) is 3.06. The van der Waals surface area contributed by atoms with E-state index in [-0.39, 0.29) is 0 Å². The molecule has 0 atom stereocenters. The second-order valence-electron chi connectivity index (χ2n) is 4.28. The minimum atomic E-state index is 0.647. The number of nitriles is 1. The van der Waals surface area contributed by atoms with E-state index in [1.54, 1.807) is 12.1 Å². The van der Waals surface area contributed by atoms with Gasteiger partial charge in [-0.25, -0.2) is 0 Å². The summed E-state index contributed by atoms with van der Waals surface area (Å²) in [4.78, 5) is 2.43. The van der Waals surface area contributed by atoms with E-state index in [1.807, 2.05) is 12.1 Å². The number of ether oxygens (including phenoxy) is 1. The van der Waals surface area contributed by atoms with Crippen LogP contribution in [0.2, 0.25) is 0 Å². The van der Waals surface area contributed by atoms with Gasteiger partial charge in [0.2, 0.25) is 0 Å². The summed E-state index contributed by atoms with van der Waals surface area (Å²) in [5.41, 5.74) is 0.647. The molecule has 0 heterocycles. The fourth-order valence-corrected chi connectivity index (χ4v) is 1.88. The molecule has 0 saturated heterocycles. The lowest BCUT2D eigenvalue weighted by Gasteiger charge is -2.19. The highest BCUT2D eigenvalue weighted by Gasteiger charge is 2.01. The van der Waals surface area contributed by atoms with Crippen LogP contribution in [-0.2, 0) is 0 Å². The summed E-state index contributed by atoms with van der Waals surface area (Å²) < 4.78 is 5.64. The second-order valence-corrected chi connectivity index (χ2v) is 4.28.